The van der Waals surface area contributed by atoms with Crippen molar-refractivity contribution in [2.75, 3.05) is 33.4 Å². The molecule has 2 aromatic heterocycles. The molecule has 38 heavy (non-hydrogen) atoms. The summed E-state index contributed by atoms with van der Waals surface area (Å²) in [7, 11) is 3.90. The van der Waals surface area contributed by atoms with Crippen molar-refractivity contribution in [2.45, 2.75) is 46.1 Å². The maximum absolute atomic E-state index is 9.04. The molecule has 0 radical (unpaired) electrons. The molecule has 1 atom stereocenters. The van der Waals surface area contributed by atoms with Crippen molar-refractivity contribution in [2.24, 2.45) is 7.05 Å². The molecule has 1 aromatic carbocycles. The molecule has 1 saturated heterocycles. The Bertz CT molecular complexity index is 1220. The van der Waals surface area contributed by atoms with E-state index >= 15 is 0 Å². The van der Waals surface area contributed by atoms with Gasteiger partial charge >= 0.3 is 29.6 Å². The summed E-state index contributed by atoms with van der Waals surface area (Å²) < 4.78 is 13.2. The van der Waals surface area contributed by atoms with Crippen LogP contribution in [-0.4, -0.2) is 75.3 Å². The zero-order chi connectivity index (χ0) is 26.8. The number of likely N-dealkylation sites (tertiary alicyclic amines) is 1. The molecule has 2 aliphatic rings. The number of β-amino-alcohol motifs (C(OH)–C–C–N with tert-alkyl or cyclic N) is 1. The van der Waals surface area contributed by atoms with Gasteiger partial charge in [0.2, 0.25) is 5.88 Å². The van der Waals surface area contributed by atoms with Gasteiger partial charge in [0.15, 0.2) is 0 Å². The molecule has 1 fully saturated rings. The van der Waals surface area contributed by atoms with Crippen LogP contribution < -0.4 is 34.3 Å². The number of hydrogen-bond donors (Lipinski definition) is 3. The Morgan fingerprint density at radius 1 is 1.13 bits per heavy atom. The number of aromatic amines is 1. The van der Waals surface area contributed by atoms with Gasteiger partial charge in [-0.25, -0.2) is 4.68 Å². The zero-order valence-corrected chi connectivity index (χ0v) is 25.5. The fourth-order valence-corrected chi connectivity index (χ4v) is 4.18. The Balaban J connectivity index is 0.000000393. The summed E-state index contributed by atoms with van der Waals surface area (Å²) in [5.41, 5.74) is 4.26. The molecule has 2 bridgehead atoms. The first kappa shape index (κ1) is 31.8. The summed E-state index contributed by atoms with van der Waals surface area (Å²) in [5, 5.41) is 29.9. The van der Waals surface area contributed by atoms with E-state index in [-0.39, 0.29) is 41.6 Å². The summed E-state index contributed by atoms with van der Waals surface area (Å²) in [5.74, 6) is 0.799. The maximum atomic E-state index is 9.04. The molecule has 3 aromatic rings. The minimum Gasteiger partial charge on any atom is -0.534 e. The predicted octanol–water partition coefficient (Wildman–Crippen LogP) is 1.61. The van der Waals surface area contributed by atoms with Gasteiger partial charge in [0.05, 0.1) is 48.2 Å². The van der Waals surface area contributed by atoms with Gasteiger partial charge in [-0.05, 0) is 44.1 Å². The number of nitrogens with zero attached hydrogens (tertiary/aromatic N) is 4. The Labute approximate surface area is 247 Å². The molecule has 0 aliphatic carbocycles. The van der Waals surface area contributed by atoms with Crippen LogP contribution >= 0.6 is 0 Å². The number of aryl methyl sites for hydroxylation is 1. The summed E-state index contributed by atoms with van der Waals surface area (Å²) in [4.78, 5) is 2.16. The molecular formula is C28H39N6NaO3. The monoisotopic (exact) mass is 530 g/mol. The molecule has 200 valence electrons. The average Bonchev–Trinajstić information content (AvgIpc) is 3.48. The van der Waals surface area contributed by atoms with Crippen molar-refractivity contribution >= 4 is 22.9 Å². The summed E-state index contributed by atoms with van der Waals surface area (Å²) >= 11 is 0. The minimum absolute atomic E-state index is 0. The number of H-pyrrole nitrogens is 1. The Hall–Kier alpha value is -2.43. The molecular weight excluding hydrogens is 491 g/mol. The molecule has 1 unspecified atom stereocenters. The van der Waals surface area contributed by atoms with Crippen molar-refractivity contribution in [3.05, 3.63) is 47.8 Å². The van der Waals surface area contributed by atoms with Gasteiger partial charge < -0.3 is 24.9 Å². The van der Waals surface area contributed by atoms with Gasteiger partial charge in [0.1, 0.15) is 0 Å². The van der Waals surface area contributed by atoms with Crippen molar-refractivity contribution in [1.82, 2.24) is 24.9 Å². The fourth-order valence-electron chi connectivity index (χ4n) is 4.18. The maximum Gasteiger partial charge on any atom is 1.00 e. The minimum atomic E-state index is -0.0613. The van der Waals surface area contributed by atoms with E-state index in [1.807, 2.05) is 52.3 Å². The van der Waals surface area contributed by atoms with Crippen molar-refractivity contribution in [1.29, 1.82) is 5.41 Å². The number of allylic oxidation sites excluding steroid dienone is 1. The SMILES string of the molecule is CC.CN1CCCC(O)C1.C[C-]=C1/C=C/c2n[nH]c3ccc(cc23)-c2cnn(C)c2OCCCOC1=N.[Na+]. The van der Waals surface area contributed by atoms with Crippen molar-refractivity contribution < 1.29 is 44.1 Å². The van der Waals surface area contributed by atoms with Gasteiger partial charge in [0.25, 0.3) is 0 Å². The van der Waals surface area contributed by atoms with Crippen LogP contribution in [0.2, 0.25) is 0 Å². The van der Waals surface area contributed by atoms with Crippen LogP contribution in [0.5, 0.6) is 5.88 Å². The normalized spacial score (nSPS) is 19.8. The van der Waals surface area contributed by atoms with E-state index in [0.29, 0.717) is 31.1 Å². The quantitative estimate of drug-likeness (QED) is 0.301. The van der Waals surface area contributed by atoms with Crippen LogP contribution in [0, 0.1) is 11.5 Å². The average molecular weight is 531 g/mol. The molecule has 2 aliphatic heterocycles. The van der Waals surface area contributed by atoms with Crippen LogP contribution in [0.3, 0.4) is 0 Å². The molecule has 9 nitrogen and oxygen atoms in total. The fraction of sp³-hybridized carbons (Fsp3) is 0.464. The molecule has 0 amide bonds. The van der Waals surface area contributed by atoms with Gasteiger partial charge in [-0.1, -0.05) is 32.9 Å². The molecule has 10 heteroatoms. The molecule has 4 heterocycles. The standard InChI is InChI=1S/C20H20N5O2.C6H13NO.C2H6.Na/c1-3-13-5-7-17-15-11-14(6-8-18(15)24-23-17)16-12-22-25(2)20(16)27-10-4-9-26-19(13)21;1-7-4-2-3-6(8)5-7;1-2;/h5-8,11-12,21H,4,9-10H2,1-2H3,(H,23,24);6,8H,2-5H2,1H3;1-2H3;/q-1;;;+1/b7-5+,21-19?;;;. The number of ether oxygens (including phenoxy) is 2. The number of aromatic nitrogens is 4. The Kier molecular flexibility index (Phi) is 13.3. The predicted molar refractivity (Wildman–Crippen MR) is 148 cm³/mol. The second-order valence-electron chi connectivity index (χ2n) is 8.79. The smallest absolute Gasteiger partial charge is 0.534 e. The van der Waals surface area contributed by atoms with E-state index in [1.165, 1.54) is 0 Å². The summed E-state index contributed by atoms with van der Waals surface area (Å²) in [6.45, 7) is 8.64. The summed E-state index contributed by atoms with van der Waals surface area (Å²) in [6.07, 6.45) is 11.2. The van der Waals surface area contributed by atoms with Gasteiger partial charge in [-0.3, -0.25) is 5.10 Å². The third-order valence-corrected chi connectivity index (χ3v) is 6.08. The van der Waals surface area contributed by atoms with E-state index in [1.54, 1.807) is 17.7 Å². The van der Waals surface area contributed by atoms with Crippen LogP contribution in [0.4, 0.5) is 0 Å². The van der Waals surface area contributed by atoms with Gasteiger partial charge in [-0.2, -0.15) is 22.3 Å². The zero-order valence-electron chi connectivity index (χ0n) is 23.5. The number of likely N-dealkylation sites (N-methyl/N-ethyl adjacent to an activating group) is 1. The largest absolute Gasteiger partial charge is 1.00 e. The number of hydrogen-bond acceptors (Lipinski definition) is 7. The van der Waals surface area contributed by atoms with Crippen LogP contribution in [-0.2, 0) is 11.8 Å². The van der Waals surface area contributed by atoms with Crippen LogP contribution in [0.25, 0.3) is 28.1 Å². The molecule has 5 rings (SSSR count). The number of piperidine rings is 1. The number of fused-ring (bicyclic) bond motifs is 3. The third-order valence-electron chi connectivity index (χ3n) is 6.08. The van der Waals surface area contributed by atoms with Crippen LogP contribution in [0.1, 0.15) is 45.7 Å². The van der Waals surface area contributed by atoms with Crippen LogP contribution in [0.15, 0.2) is 36.0 Å². The van der Waals surface area contributed by atoms with E-state index in [2.05, 4.69) is 32.3 Å². The Morgan fingerprint density at radius 3 is 2.58 bits per heavy atom. The summed E-state index contributed by atoms with van der Waals surface area (Å²) in [6, 6.07) is 6.10. The first-order valence-corrected chi connectivity index (χ1v) is 12.9. The van der Waals surface area contributed by atoms with E-state index in [0.717, 1.165) is 53.7 Å². The van der Waals surface area contributed by atoms with Gasteiger partial charge in [0, 0.05) is 25.4 Å². The number of nitrogens with one attached hydrogen (secondary N) is 2. The van der Waals surface area contributed by atoms with Crippen molar-refractivity contribution in [3.8, 4) is 17.0 Å². The third kappa shape index (κ3) is 8.28. The number of benzene rings is 1. The van der Waals surface area contributed by atoms with Gasteiger partial charge in [-0.15, -0.1) is 5.57 Å². The van der Waals surface area contributed by atoms with E-state index in [4.69, 9.17) is 20.0 Å². The number of aliphatic hydroxyl groups is 1. The number of rotatable bonds is 0. The second-order valence-corrected chi connectivity index (χ2v) is 8.79. The second kappa shape index (κ2) is 15.9. The molecule has 0 saturated carbocycles. The van der Waals surface area contributed by atoms with E-state index in [9.17, 15) is 0 Å². The molecule has 0 spiro atoms. The van der Waals surface area contributed by atoms with E-state index < -0.39 is 0 Å². The Morgan fingerprint density at radius 2 is 1.89 bits per heavy atom. The topological polar surface area (TPSA) is 112 Å². The first-order chi connectivity index (χ1) is 18.0. The first-order valence-electron chi connectivity index (χ1n) is 12.9. The van der Waals surface area contributed by atoms with Crippen molar-refractivity contribution in [3.63, 3.8) is 0 Å². The molecule has 3 N–H and O–H groups in total. The number of aliphatic hydroxyl groups excluding tert-OH is 1.